The molecule has 20 heavy (non-hydrogen) atoms. The molecule has 0 unspecified atom stereocenters. The highest BCUT2D eigenvalue weighted by molar-refractivity contribution is 7.21. The van der Waals surface area contributed by atoms with E-state index in [1.807, 2.05) is 48.5 Å². The Bertz CT molecular complexity index is 792. The van der Waals surface area contributed by atoms with Crippen LogP contribution in [-0.2, 0) is 6.61 Å². The van der Waals surface area contributed by atoms with Crippen molar-refractivity contribution >= 4 is 27.3 Å². The van der Waals surface area contributed by atoms with Crippen molar-refractivity contribution in [3.05, 3.63) is 59.0 Å². The van der Waals surface area contributed by atoms with Crippen LogP contribution in [0.2, 0.25) is 0 Å². The van der Waals surface area contributed by atoms with Crippen molar-refractivity contribution in [1.29, 1.82) is 0 Å². The van der Waals surface area contributed by atoms with E-state index in [2.05, 4.69) is 0 Å². The summed E-state index contributed by atoms with van der Waals surface area (Å²) < 4.78 is 1.02. The molecule has 1 amide bonds. The molecule has 0 bridgehead atoms. The van der Waals surface area contributed by atoms with Crippen LogP contribution in [0.3, 0.4) is 0 Å². The van der Waals surface area contributed by atoms with Gasteiger partial charge in [0.25, 0.3) is 5.91 Å². The van der Waals surface area contributed by atoms with Crippen LogP contribution in [0.5, 0.6) is 0 Å². The van der Waals surface area contributed by atoms with E-state index in [-0.39, 0.29) is 6.61 Å². The molecule has 0 saturated carbocycles. The molecule has 3 aromatic rings. The number of benzene rings is 2. The van der Waals surface area contributed by atoms with E-state index in [1.54, 1.807) is 0 Å². The molecule has 0 radical (unpaired) electrons. The molecular formula is C16H13NO2S. The second-order valence-electron chi connectivity index (χ2n) is 4.51. The highest BCUT2D eigenvalue weighted by Crippen LogP contribution is 2.36. The van der Waals surface area contributed by atoms with Crippen molar-refractivity contribution in [3.8, 4) is 11.1 Å². The van der Waals surface area contributed by atoms with Crippen LogP contribution >= 0.6 is 11.3 Å². The summed E-state index contributed by atoms with van der Waals surface area (Å²) in [7, 11) is 0. The van der Waals surface area contributed by atoms with Gasteiger partial charge in [-0.05, 0) is 28.1 Å². The maximum Gasteiger partial charge on any atom is 0.258 e. The third kappa shape index (κ3) is 2.09. The standard InChI is InChI=1S/C16H13NO2S/c17-16(19)14-8-10-5-3-7-13(15(10)20-14)12-6-2-1-4-11(12)9-18/h1-8,18H,9H2,(H2,17,19). The molecule has 100 valence electrons. The first kappa shape index (κ1) is 12.8. The smallest absolute Gasteiger partial charge is 0.258 e. The van der Waals surface area contributed by atoms with E-state index >= 15 is 0 Å². The van der Waals surface area contributed by atoms with Gasteiger partial charge in [-0.2, -0.15) is 0 Å². The summed E-state index contributed by atoms with van der Waals surface area (Å²) in [6.07, 6.45) is 0. The molecule has 0 aliphatic carbocycles. The predicted molar refractivity (Wildman–Crippen MR) is 81.7 cm³/mol. The molecule has 3 nitrogen and oxygen atoms in total. The quantitative estimate of drug-likeness (QED) is 0.775. The first-order valence-electron chi connectivity index (χ1n) is 6.22. The number of nitrogens with two attached hydrogens (primary N) is 1. The molecule has 0 fully saturated rings. The van der Waals surface area contributed by atoms with Crippen molar-refractivity contribution in [3.63, 3.8) is 0 Å². The Kier molecular flexibility index (Phi) is 3.26. The number of fused-ring (bicyclic) bond motifs is 1. The van der Waals surface area contributed by atoms with Gasteiger partial charge in [-0.15, -0.1) is 11.3 Å². The second-order valence-corrected chi connectivity index (χ2v) is 5.57. The number of thiophene rings is 1. The van der Waals surface area contributed by atoms with Crippen LogP contribution in [0.25, 0.3) is 21.2 Å². The number of aliphatic hydroxyl groups is 1. The molecule has 3 N–H and O–H groups in total. The Morgan fingerprint density at radius 1 is 1.10 bits per heavy atom. The minimum atomic E-state index is -0.410. The van der Waals surface area contributed by atoms with E-state index in [0.29, 0.717) is 4.88 Å². The van der Waals surface area contributed by atoms with Crippen molar-refractivity contribution in [2.24, 2.45) is 5.73 Å². The topological polar surface area (TPSA) is 63.3 Å². The number of rotatable bonds is 3. The van der Waals surface area contributed by atoms with Crippen LogP contribution in [0.4, 0.5) is 0 Å². The van der Waals surface area contributed by atoms with Crippen molar-refractivity contribution < 1.29 is 9.90 Å². The predicted octanol–water partition coefficient (Wildman–Crippen LogP) is 3.16. The van der Waals surface area contributed by atoms with Gasteiger partial charge < -0.3 is 10.8 Å². The Labute approximate surface area is 120 Å². The molecule has 1 aromatic heterocycles. The third-order valence-corrected chi connectivity index (χ3v) is 4.46. The molecule has 1 heterocycles. The van der Waals surface area contributed by atoms with Crippen LogP contribution < -0.4 is 5.73 Å². The van der Waals surface area contributed by atoms with Gasteiger partial charge in [0.1, 0.15) is 0 Å². The van der Waals surface area contributed by atoms with Crippen molar-refractivity contribution in [2.45, 2.75) is 6.61 Å². The Balaban J connectivity index is 2.28. The zero-order valence-corrected chi connectivity index (χ0v) is 11.5. The average molecular weight is 283 g/mol. The number of primary amides is 1. The van der Waals surface area contributed by atoms with Gasteiger partial charge in [0, 0.05) is 4.70 Å². The normalized spacial score (nSPS) is 10.8. The number of carbonyl (C=O) groups is 1. The molecule has 0 saturated heterocycles. The van der Waals surface area contributed by atoms with Gasteiger partial charge >= 0.3 is 0 Å². The maximum atomic E-state index is 11.3. The van der Waals surface area contributed by atoms with Crippen LogP contribution in [-0.4, -0.2) is 11.0 Å². The molecular weight excluding hydrogens is 270 g/mol. The van der Waals surface area contributed by atoms with Gasteiger partial charge in [-0.1, -0.05) is 42.5 Å². The SMILES string of the molecule is NC(=O)c1cc2cccc(-c3ccccc3CO)c2s1. The lowest BCUT2D eigenvalue weighted by atomic mass is 9.99. The number of hydrogen-bond acceptors (Lipinski definition) is 3. The van der Waals surface area contributed by atoms with E-state index in [4.69, 9.17) is 5.73 Å². The van der Waals surface area contributed by atoms with Crippen LogP contribution in [0.15, 0.2) is 48.5 Å². The van der Waals surface area contributed by atoms with Crippen LogP contribution in [0.1, 0.15) is 15.2 Å². The second kappa shape index (κ2) is 5.07. The van der Waals surface area contributed by atoms with Gasteiger partial charge in [-0.3, -0.25) is 4.79 Å². The molecule has 0 spiro atoms. The first-order valence-corrected chi connectivity index (χ1v) is 7.04. The fourth-order valence-electron chi connectivity index (χ4n) is 2.32. The van der Waals surface area contributed by atoms with E-state index < -0.39 is 5.91 Å². The molecule has 2 aromatic carbocycles. The number of hydrogen-bond donors (Lipinski definition) is 2. The summed E-state index contributed by atoms with van der Waals surface area (Å²) >= 11 is 1.39. The largest absolute Gasteiger partial charge is 0.392 e. The van der Waals surface area contributed by atoms with E-state index in [1.165, 1.54) is 11.3 Å². The molecule has 0 aliphatic heterocycles. The zero-order chi connectivity index (χ0) is 14.1. The van der Waals surface area contributed by atoms with Crippen molar-refractivity contribution in [1.82, 2.24) is 0 Å². The van der Waals surface area contributed by atoms with E-state index in [9.17, 15) is 9.90 Å². The minimum absolute atomic E-state index is 0.0133. The summed E-state index contributed by atoms with van der Waals surface area (Å²) in [5.41, 5.74) is 8.23. The minimum Gasteiger partial charge on any atom is -0.392 e. The van der Waals surface area contributed by atoms with E-state index in [0.717, 1.165) is 26.8 Å². The lowest BCUT2D eigenvalue weighted by Gasteiger charge is -2.08. The number of amides is 1. The highest BCUT2D eigenvalue weighted by Gasteiger charge is 2.12. The highest BCUT2D eigenvalue weighted by atomic mass is 32.1. The number of carbonyl (C=O) groups excluding carboxylic acids is 1. The Morgan fingerprint density at radius 2 is 1.85 bits per heavy atom. The van der Waals surface area contributed by atoms with Crippen LogP contribution in [0, 0.1) is 0 Å². The summed E-state index contributed by atoms with van der Waals surface area (Å²) in [5, 5.41) is 10.5. The van der Waals surface area contributed by atoms with Gasteiger partial charge in [0.2, 0.25) is 0 Å². The molecule has 0 atom stereocenters. The number of aliphatic hydroxyl groups excluding tert-OH is 1. The Morgan fingerprint density at radius 3 is 2.60 bits per heavy atom. The summed E-state index contributed by atoms with van der Waals surface area (Å²) in [4.78, 5) is 11.9. The summed E-state index contributed by atoms with van der Waals surface area (Å²) in [6, 6.07) is 15.4. The Hall–Kier alpha value is -2.17. The van der Waals surface area contributed by atoms with Gasteiger partial charge in [-0.25, -0.2) is 0 Å². The first-order chi connectivity index (χ1) is 9.70. The molecule has 4 heteroatoms. The zero-order valence-electron chi connectivity index (χ0n) is 10.7. The summed E-state index contributed by atoms with van der Waals surface area (Å²) in [6.45, 7) is -0.0133. The maximum absolute atomic E-state index is 11.3. The average Bonchev–Trinajstić information content (AvgIpc) is 2.91. The lowest BCUT2D eigenvalue weighted by Crippen LogP contribution is -2.07. The van der Waals surface area contributed by atoms with Gasteiger partial charge in [0.15, 0.2) is 0 Å². The lowest BCUT2D eigenvalue weighted by molar-refractivity contribution is 0.100. The molecule has 3 rings (SSSR count). The van der Waals surface area contributed by atoms with Gasteiger partial charge in [0.05, 0.1) is 11.5 Å². The fourth-order valence-corrected chi connectivity index (χ4v) is 3.36. The summed E-state index contributed by atoms with van der Waals surface area (Å²) in [5.74, 6) is -0.410. The van der Waals surface area contributed by atoms with Crippen molar-refractivity contribution in [2.75, 3.05) is 0 Å². The third-order valence-electron chi connectivity index (χ3n) is 3.26. The molecule has 0 aliphatic rings. The monoisotopic (exact) mass is 283 g/mol. The fraction of sp³-hybridized carbons (Fsp3) is 0.0625.